The predicted molar refractivity (Wildman–Crippen MR) is 109 cm³/mol. The van der Waals surface area contributed by atoms with Gasteiger partial charge < -0.3 is 9.64 Å². The number of piperidine rings is 1. The molecule has 3 rings (SSSR count). The van der Waals surface area contributed by atoms with E-state index in [1.807, 2.05) is 4.90 Å². The molecule has 2 saturated heterocycles. The number of ether oxygens (including phenoxy) is 1. The molecule has 2 aliphatic rings. The maximum atomic E-state index is 12.7. The molecule has 0 saturated carbocycles. The number of fused-ring (bicyclic) bond motifs is 2. The molecular formula is C21H34N2O2Si. The van der Waals surface area contributed by atoms with Gasteiger partial charge in [0, 0.05) is 39.3 Å². The lowest BCUT2D eigenvalue weighted by molar-refractivity contribution is 0.0828. The minimum absolute atomic E-state index is 0.0996. The van der Waals surface area contributed by atoms with Crippen molar-refractivity contribution < 1.29 is 9.53 Å². The predicted octanol–water partition coefficient (Wildman–Crippen LogP) is 4.62. The Bertz CT molecular complexity index is 616. The summed E-state index contributed by atoms with van der Waals surface area (Å²) in [6.07, 6.45) is 1.01. The summed E-state index contributed by atoms with van der Waals surface area (Å²) in [5.41, 5.74) is 1.35. The summed E-state index contributed by atoms with van der Waals surface area (Å²) in [5, 5.41) is 0. The Kier molecular flexibility index (Phi) is 5.77. The van der Waals surface area contributed by atoms with Gasteiger partial charge in [-0.15, -0.1) is 0 Å². The first-order chi connectivity index (χ1) is 12.3. The van der Waals surface area contributed by atoms with Gasteiger partial charge in [-0.05, 0) is 37.8 Å². The van der Waals surface area contributed by atoms with Crippen molar-refractivity contribution in [2.45, 2.75) is 64.1 Å². The highest BCUT2D eigenvalue weighted by atomic mass is 28.3. The maximum absolute atomic E-state index is 12.7. The van der Waals surface area contributed by atoms with Crippen LogP contribution in [0.15, 0.2) is 30.3 Å². The molecule has 1 unspecified atom stereocenters. The summed E-state index contributed by atoms with van der Waals surface area (Å²) in [6.45, 7) is 14.0. The van der Waals surface area contributed by atoms with Crippen molar-refractivity contribution in [3.63, 3.8) is 0 Å². The highest BCUT2D eigenvalue weighted by molar-refractivity contribution is 6.76. The van der Waals surface area contributed by atoms with Crippen LogP contribution in [0.2, 0.25) is 25.7 Å². The van der Waals surface area contributed by atoms with Crippen LogP contribution in [0, 0.1) is 5.92 Å². The number of rotatable bonds is 5. The number of carbonyl (C=O) groups excluding carboxylic acids is 1. The van der Waals surface area contributed by atoms with E-state index >= 15 is 0 Å². The monoisotopic (exact) mass is 374 g/mol. The molecule has 2 bridgehead atoms. The number of amides is 1. The highest BCUT2D eigenvalue weighted by Crippen LogP contribution is 2.38. The molecular weight excluding hydrogens is 340 g/mol. The Morgan fingerprint density at radius 2 is 1.92 bits per heavy atom. The van der Waals surface area contributed by atoms with Gasteiger partial charge in [0.25, 0.3) is 0 Å². The molecule has 26 heavy (non-hydrogen) atoms. The topological polar surface area (TPSA) is 32.8 Å². The van der Waals surface area contributed by atoms with Crippen molar-refractivity contribution in [1.29, 1.82) is 0 Å². The Hall–Kier alpha value is -1.33. The smallest absolute Gasteiger partial charge is 0.410 e. The minimum Gasteiger partial charge on any atom is -0.450 e. The van der Waals surface area contributed by atoms with Gasteiger partial charge in [0.15, 0.2) is 0 Å². The molecule has 5 heteroatoms. The Morgan fingerprint density at radius 3 is 2.58 bits per heavy atom. The molecule has 0 spiro atoms. The molecule has 1 aromatic carbocycles. The lowest BCUT2D eigenvalue weighted by atomic mass is 9.93. The molecule has 4 nitrogen and oxygen atoms in total. The van der Waals surface area contributed by atoms with Gasteiger partial charge in [-0.3, -0.25) is 4.90 Å². The van der Waals surface area contributed by atoms with Crippen LogP contribution in [0.4, 0.5) is 4.79 Å². The SMILES string of the molecule is CC(c1ccccc1)N1C[C@@H]2C[C@H](C1)N(C(=O)OCC[Si](C)(C)C)[C@H]2C. The fourth-order valence-electron chi connectivity index (χ4n) is 4.35. The van der Waals surface area contributed by atoms with Crippen LogP contribution in [0.5, 0.6) is 0 Å². The summed E-state index contributed by atoms with van der Waals surface area (Å²) in [5.74, 6) is 0.546. The fraction of sp³-hybridized carbons (Fsp3) is 0.667. The van der Waals surface area contributed by atoms with E-state index in [2.05, 4.69) is 68.7 Å². The van der Waals surface area contributed by atoms with Gasteiger partial charge in [0.05, 0.1) is 6.61 Å². The van der Waals surface area contributed by atoms with Crippen molar-refractivity contribution >= 4 is 14.2 Å². The van der Waals surface area contributed by atoms with Gasteiger partial charge >= 0.3 is 6.09 Å². The zero-order chi connectivity index (χ0) is 18.9. The first kappa shape index (κ1) is 19.4. The maximum Gasteiger partial charge on any atom is 0.410 e. The average Bonchev–Trinajstić information content (AvgIpc) is 2.82. The van der Waals surface area contributed by atoms with E-state index < -0.39 is 8.07 Å². The standard InChI is InChI=1S/C21H34N2O2Si/c1-16(18-9-7-6-8-10-18)22-14-19-13-20(15-22)23(17(19)2)21(24)25-11-12-26(3,4)5/h6-10,16-17,19-20H,11-15H2,1-5H3/t16?,17-,19-,20+/m0/s1. The summed E-state index contributed by atoms with van der Waals surface area (Å²) in [6, 6.07) is 12.7. The van der Waals surface area contributed by atoms with Crippen LogP contribution >= 0.6 is 0 Å². The molecule has 1 aromatic rings. The van der Waals surface area contributed by atoms with E-state index in [1.165, 1.54) is 5.56 Å². The average molecular weight is 375 g/mol. The van der Waals surface area contributed by atoms with E-state index in [0.717, 1.165) is 25.6 Å². The lowest BCUT2D eigenvalue weighted by Gasteiger charge is -2.36. The summed E-state index contributed by atoms with van der Waals surface area (Å²) in [7, 11) is -1.17. The van der Waals surface area contributed by atoms with Crippen molar-refractivity contribution in [1.82, 2.24) is 9.80 Å². The molecule has 0 aliphatic carbocycles. The van der Waals surface area contributed by atoms with E-state index in [9.17, 15) is 4.79 Å². The number of carbonyl (C=O) groups is 1. The lowest BCUT2D eigenvalue weighted by Crippen LogP contribution is -2.45. The molecule has 2 fully saturated rings. The number of benzene rings is 1. The van der Waals surface area contributed by atoms with Gasteiger partial charge in [-0.1, -0.05) is 50.0 Å². The van der Waals surface area contributed by atoms with Gasteiger partial charge in [-0.2, -0.15) is 0 Å². The molecule has 0 aromatic heterocycles. The zero-order valence-corrected chi connectivity index (χ0v) is 17.9. The second kappa shape index (κ2) is 7.73. The summed E-state index contributed by atoms with van der Waals surface area (Å²) >= 11 is 0. The Labute approximate surface area is 159 Å². The minimum atomic E-state index is -1.17. The Morgan fingerprint density at radius 1 is 1.23 bits per heavy atom. The molecule has 1 amide bonds. The van der Waals surface area contributed by atoms with Crippen molar-refractivity contribution in [2.75, 3.05) is 19.7 Å². The van der Waals surface area contributed by atoms with Gasteiger partial charge in [0.1, 0.15) is 0 Å². The van der Waals surface area contributed by atoms with Crippen LogP contribution in [0.1, 0.15) is 31.9 Å². The molecule has 2 aliphatic heterocycles. The van der Waals surface area contributed by atoms with Gasteiger partial charge in [-0.25, -0.2) is 4.79 Å². The van der Waals surface area contributed by atoms with Gasteiger partial charge in [0.2, 0.25) is 0 Å². The third-order valence-electron chi connectivity index (χ3n) is 6.12. The summed E-state index contributed by atoms with van der Waals surface area (Å²) < 4.78 is 5.66. The number of nitrogens with zero attached hydrogens (tertiary/aromatic N) is 2. The van der Waals surface area contributed by atoms with Crippen LogP contribution in [-0.4, -0.2) is 55.7 Å². The van der Waals surface area contributed by atoms with E-state index in [0.29, 0.717) is 18.6 Å². The summed E-state index contributed by atoms with van der Waals surface area (Å²) in [4.78, 5) is 17.3. The quantitative estimate of drug-likeness (QED) is 0.705. The van der Waals surface area contributed by atoms with Crippen LogP contribution < -0.4 is 0 Å². The molecule has 0 N–H and O–H groups in total. The van der Waals surface area contributed by atoms with Crippen molar-refractivity contribution in [3.05, 3.63) is 35.9 Å². The second-order valence-electron chi connectivity index (χ2n) is 9.26. The van der Waals surface area contributed by atoms with E-state index in [1.54, 1.807) is 0 Å². The largest absolute Gasteiger partial charge is 0.450 e. The first-order valence-corrected chi connectivity index (χ1v) is 13.7. The zero-order valence-electron chi connectivity index (χ0n) is 16.9. The second-order valence-corrected chi connectivity index (χ2v) is 14.9. The van der Waals surface area contributed by atoms with Crippen molar-refractivity contribution in [2.24, 2.45) is 5.92 Å². The molecule has 144 valence electrons. The van der Waals surface area contributed by atoms with Crippen LogP contribution in [0.25, 0.3) is 0 Å². The first-order valence-electron chi connectivity index (χ1n) is 10.0. The fourth-order valence-corrected chi connectivity index (χ4v) is 5.06. The molecule has 0 radical (unpaired) electrons. The normalized spacial score (nSPS) is 27.4. The highest BCUT2D eigenvalue weighted by Gasteiger charge is 2.47. The number of hydrogen-bond donors (Lipinski definition) is 0. The third kappa shape index (κ3) is 4.31. The molecule has 2 heterocycles. The number of likely N-dealkylation sites (tertiary alicyclic amines) is 2. The Balaban J connectivity index is 1.62. The van der Waals surface area contributed by atoms with Crippen LogP contribution in [-0.2, 0) is 4.74 Å². The molecule has 4 atom stereocenters. The van der Waals surface area contributed by atoms with Crippen molar-refractivity contribution in [3.8, 4) is 0 Å². The van der Waals surface area contributed by atoms with E-state index in [-0.39, 0.29) is 18.2 Å². The number of hydrogen-bond acceptors (Lipinski definition) is 3. The van der Waals surface area contributed by atoms with E-state index in [4.69, 9.17) is 4.74 Å². The third-order valence-corrected chi connectivity index (χ3v) is 7.83. The van der Waals surface area contributed by atoms with Crippen LogP contribution in [0.3, 0.4) is 0 Å².